The number of nitrogens with one attached hydrogen (secondary N) is 1. The molecule has 1 aromatic carbocycles. The quantitative estimate of drug-likeness (QED) is 0.678. The molecule has 1 heterocycles. The Hall–Kier alpha value is -2.02. The first kappa shape index (κ1) is 12.4. The molecule has 2 rings (SSSR count). The largest absolute Gasteiger partial charge is 0.353 e. The zero-order chi connectivity index (χ0) is 13.1. The summed E-state index contributed by atoms with van der Waals surface area (Å²) in [5.74, 6) is 0. The minimum atomic E-state index is -0.376. The van der Waals surface area contributed by atoms with Crippen molar-refractivity contribution in [1.29, 1.82) is 0 Å². The summed E-state index contributed by atoms with van der Waals surface area (Å²) in [6.07, 6.45) is 0. The molecule has 18 heavy (non-hydrogen) atoms. The van der Waals surface area contributed by atoms with E-state index < -0.39 is 0 Å². The summed E-state index contributed by atoms with van der Waals surface area (Å²) in [4.78, 5) is 10.6. The first-order valence-electron chi connectivity index (χ1n) is 5.38. The molecule has 2 aromatic rings. The van der Waals surface area contributed by atoms with Crippen molar-refractivity contribution in [3.63, 3.8) is 0 Å². The molecule has 0 aliphatic rings. The fourth-order valence-corrected chi connectivity index (χ4v) is 2.32. The zero-order valence-corrected chi connectivity index (χ0v) is 10.8. The lowest BCUT2D eigenvalue weighted by molar-refractivity contribution is -0.385. The van der Waals surface area contributed by atoms with Crippen LogP contribution in [0.5, 0.6) is 0 Å². The Morgan fingerprint density at radius 1 is 1.39 bits per heavy atom. The first-order valence-corrected chi connectivity index (χ1v) is 6.19. The lowest BCUT2D eigenvalue weighted by Crippen LogP contribution is -2.08. The summed E-state index contributed by atoms with van der Waals surface area (Å²) in [5.41, 5.74) is 0.745. The lowest BCUT2D eigenvalue weighted by atomic mass is 10.1. The summed E-state index contributed by atoms with van der Waals surface area (Å²) in [7, 11) is 0. The standard InChI is InChI=1S/C11H12N4O2S/c1-7(12-11-14-13-8(2)18-11)9-5-3-4-6-10(9)15(16)17/h3-7H,1-2H3,(H,12,14). The number of rotatable bonds is 4. The number of hydrogen-bond acceptors (Lipinski definition) is 6. The van der Waals surface area contributed by atoms with E-state index in [1.54, 1.807) is 18.2 Å². The van der Waals surface area contributed by atoms with Crippen molar-refractivity contribution in [2.45, 2.75) is 19.9 Å². The molecule has 1 N–H and O–H groups in total. The average Bonchev–Trinajstić information content (AvgIpc) is 2.74. The molecule has 7 heteroatoms. The smallest absolute Gasteiger partial charge is 0.274 e. The Kier molecular flexibility index (Phi) is 3.52. The van der Waals surface area contributed by atoms with Gasteiger partial charge in [0.2, 0.25) is 5.13 Å². The maximum atomic E-state index is 10.9. The van der Waals surface area contributed by atoms with Crippen LogP contribution in [0.3, 0.4) is 0 Å². The molecule has 0 saturated heterocycles. The first-order chi connectivity index (χ1) is 8.58. The molecule has 1 aromatic heterocycles. The molecule has 6 nitrogen and oxygen atoms in total. The van der Waals surface area contributed by atoms with Gasteiger partial charge in [-0.2, -0.15) is 0 Å². The molecule has 0 aliphatic heterocycles. The molecular weight excluding hydrogens is 252 g/mol. The fraction of sp³-hybridized carbons (Fsp3) is 0.273. The van der Waals surface area contributed by atoms with Crippen molar-refractivity contribution in [2.75, 3.05) is 5.32 Å². The molecule has 1 unspecified atom stereocenters. The van der Waals surface area contributed by atoms with Gasteiger partial charge in [0.05, 0.1) is 16.5 Å². The number of benzene rings is 1. The van der Waals surface area contributed by atoms with Crippen molar-refractivity contribution >= 4 is 22.2 Å². The van der Waals surface area contributed by atoms with Crippen LogP contribution >= 0.6 is 11.3 Å². The van der Waals surface area contributed by atoms with E-state index >= 15 is 0 Å². The maximum Gasteiger partial charge on any atom is 0.274 e. The minimum Gasteiger partial charge on any atom is -0.353 e. The van der Waals surface area contributed by atoms with Crippen molar-refractivity contribution < 1.29 is 4.92 Å². The van der Waals surface area contributed by atoms with Crippen LogP contribution < -0.4 is 5.32 Å². The topological polar surface area (TPSA) is 81.0 Å². The summed E-state index contributed by atoms with van der Waals surface area (Å²) in [6.45, 7) is 3.72. The van der Waals surface area contributed by atoms with Crippen molar-refractivity contribution in [3.8, 4) is 0 Å². The van der Waals surface area contributed by atoms with Crippen molar-refractivity contribution in [1.82, 2.24) is 10.2 Å². The van der Waals surface area contributed by atoms with E-state index in [0.29, 0.717) is 10.7 Å². The molecule has 0 spiro atoms. The van der Waals surface area contributed by atoms with Gasteiger partial charge < -0.3 is 5.32 Å². The number of hydrogen-bond donors (Lipinski definition) is 1. The van der Waals surface area contributed by atoms with E-state index in [-0.39, 0.29) is 16.7 Å². The Morgan fingerprint density at radius 3 is 2.72 bits per heavy atom. The van der Waals surface area contributed by atoms with Gasteiger partial charge in [0, 0.05) is 6.07 Å². The van der Waals surface area contributed by atoms with E-state index in [1.165, 1.54) is 17.4 Å². The molecule has 0 fully saturated rings. The molecule has 0 radical (unpaired) electrons. The van der Waals surface area contributed by atoms with Crippen molar-refractivity contribution in [3.05, 3.63) is 45.0 Å². The van der Waals surface area contributed by atoms with Crippen LogP contribution in [0.25, 0.3) is 0 Å². The second-order valence-electron chi connectivity index (χ2n) is 3.81. The van der Waals surface area contributed by atoms with Gasteiger partial charge in [0.1, 0.15) is 5.01 Å². The van der Waals surface area contributed by atoms with Gasteiger partial charge in [-0.3, -0.25) is 10.1 Å². The molecular formula is C11H12N4O2S. The highest BCUT2D eigenvalue weighted by atomic mass is 32.1. The summed E-state index contributed by atoms with van der Waals surface area (Å²) >= 11 is 1.42. The third-order valence-electron chi connectivity index (χ3n) is 2.47. The van der Waals surface area contributed by atoms with E-state index in [1.807, 2.05) is 13.8 Å². The molecule has 0 bridgehead atoms. The SMILES string of the molecule is Cc1nnc(NC(C)c2ccccc2[N+](=O)[O-])s1. The van der Waals surface area contributed by atoms with Crippen LogP contribution in [0.1, 0.15) is 23.5 Å². The van der Waals surface area contributed by atoms with Crippen LogP contribution in [0, 0.1) is 17.0 Å². The highest BCUT2D eigenvalue weighted by molar-refractivity contribution is 7.15. The highest BCUT2D eigenvalue weighted by Crippen LogP contribution is 2.28. The van der Waals surface area contributed by atoms with Crippen LogP contribution in [0.2, 0.25) is 0 Å². The van der Waals surface area contributed by atoms with E-state index in [9.17, 15) is 10.1 Å². The second kappa shape index (κ2) is 5.09. The number of nitrogens with zero attached hydrogens (tertiary/aromatic N) is 3. The predicted octanol–water partition coefficient (Wildman–Crippen LogP) is 2.93. The van der Waals surface area contributed by atoms with Gasteiger partial charge in [-0.1, -0.05) is 29.5 Å². The summed E-state index contributed by atoms with van der Waals surface area (Å²) < 4.78 is 0. The number of nitro benzene ring substituents is 1. The van der Waals surface area contributed by atoms with Gasteiger partial charge >= 0.3 is 0 Å². The molecule has 94 valence electrons. The van der Waals surface area contributed by atoms with Crippen LogP contribution in [-0.2, 0) is 0 Å². The van der Waals surface area contributed by atoms with Gasteiger partial charge in [0.15, 0.2) is 0 Å². The average molecular weight is 264 g/mol. The summed E-state index contributed by atoms with van der Waals surface area (Å²) in [6, 6.07) is 6.48. The molecule has 0 aliphatic carbocycles. The third kappa shape index (κ3) is 2.62. The molecule has 0 amide bonds. The van der Waals surface area contributed by atoms with Crippen LogP contribution in [0.4, 0.5) is 10.8 Å². The van der Waals surface area contributed by atoms with Gasteiger partial charge in [-0.15, -0.1) is 10.2 Å². The Morgan fingerprint density at radius 2 is 2.11 bits per heavy atom. The highest BCUT2D eigenvalue weighted by Gasteiger charge is 2.18. The van der Waals surface area contributed by atoms with Crippen LogP contribution in [-0.4, -0.2) is 15.1 Å². The van der Waals surface area contributed by atoms with Crippen molar-refractivity contribution in [2.24, 2.45) is 0 Å². The second-order valence-corrected chi connectivity index (χ2v) is 4.99. The molecule has 0 saturated carbocycles. The third-order valence-corrected chi connectivity index (χ3v) is 3.24. The maximum absolute atomic E-state index is 10.9. The van der Waals surface area contributed by atoms with E-state index in [4.69, 9.17) is 0 Å². The Bertz CT molecular complexity index is 570. The van der Waals surface area contributed by atoms with Gasteiger partial charge in [0.25, 0.3) is 5.69 Å². The predicted molar refractivity (Wildman–Crippen MR) is 69.8 cm³/mol. The van der Waals surface area contributed by atoms with Crippen LogP contribution in [0.15, 0.2) is 24.3 Å². The van der Waals surface area contributed by atoms with Gasteiger partial charge in [-0.05, 0) is 13.8 Å². The number of nitro groups is 1. The number of aromatic nitrogens is 2. The van der Waals surface area contributed by atoms with E-state index in [2.05, 4.69) is 15.5 Å². The van der Waals surface area contributed by atoms with Gasteiger partial charge in [-0.25, -0.2) is 0 Å². The van der Waals surface area contributed by atoms with E-state index in [0.717, 1.165) is 5.01 Å². The fourth-order valence-electron chi connectivity index (χ4n) is 1.64. The zero-order valence-electron chi connectivity index (χ0n) is 9.95. The monoisotopic (exact) mass is 264 g/mol. The number of aryl methyl sites for hydroxylation is 1. The minimum absolute atomic E-state index is 0.110. The normalized spacial score (nSPS) is 12.1. The lowest BCUT2D eigenvalue weighted by Gasteiger charge is -2.12. The molecule has 1 atom stereocenters. The summed E-state index contributed by atoms with van der Waals surface area (Å²) in [5, 5.41) is 23.4. The Balaban J connectivity index is 2.23. The number of para-hydroxylation sites is 1. The Labute approximate surface area is 108 Å². The number of anilines is 1.